The Morgan fingerprint density at radius 1 is 1.06 bits per heavy atom. The minimum absolute atomic E-state index is 0.119. The SMILES string of the molecule is CC1(CO)OC(C)(COC(=O)CCCCC2SC[C@@H]3NC(=O)N[C@H]23)C(C)(O)C(C)(O)C1(C)O. The van der Waals surface area contributed by atoms with E-state index in [2.05, 4.69) is 10.6 Å². The Morgan fingerprint density at radius 3 is 2.33 bits per heavy atom. The number of carbonyl (C=O) groups excluding carboxylic acids is 2. The van der Waals surface area contributed by atoms with Gasteiger partial charge < -0.3 is 40.5 Å². The molecule has 0 radical (unpaired) electrons. The number of aliphatic hydroxyl groups is 4. The van der Waals surface area contributed by atoms with E-state index in [1.807, 2.05) is 11.8 Å². The van der Waals surface area contributed by atoms with E-state index in [-0.39, 0.29) is 31.1 Å². The molecule has 3 aliphatic rings. The Balaban J connectivity index is 1.52. The lowest BCUT2D eigenvalue weighted by molar-refractivity contribution is -0.406. The van der Waals surface area contributed by atoms with Crippen LogP contribution in [0.15, 0.2) is 0 Å². The number of amides is 2. The van der Waals surface area contributed by atoms with Crippen LogP contribution in [0.4, 0.5) is 4.79 Å². The van der Waals surface area contributed by atoms with Crippen molar-refractivity contribution in [2.24, 2.45) is 0 Å². The van der Waals surface area contributed by atoms with Crippen LogP contribution >= 0.6 is 11.8 Å². The molecule has 6 unspecified atom stereocenters. The van der Waals surface area contributed by atoms with Crippen molar-refractivity contribution < 1.29 is 39.5 Å². The predicted molar refractivity (Wildman–Crippen MR) is 122 cm³/mol. The summed E-state index contributed by atoms with van der Waals surface area (Å²) >= 11 is 1.82. The van der Waals surface area contributed by atoms with E-state index in [4.69, 9.17) is 9.47 Å². The number of hydrogen-bond acceptors (Lipinski definition) is 9. The van der Waals surface area contributed by atoms with E-state index < -0.39 is 40.6 Å². The van der Waals surface area contributed by atoms with Gasteiger partial charge in [0.25, 0.3) is 0 Å². The number of urea groups is 1. The summed E-state index contributed by atoms with van der Waals surface area (Å²) in [5.41, 5.74) is -9.28. The van der Waals surface area contributed by atoms with Crippen molar-refractivity contribution in [2.75, 3.05) is 19.0 Å². The minimum atomic E-state index is -2.09. The average Bonchev–Trinajstić information content (AvgIpc) is 3.27. The standard InChI is InChI=1S/C22H38N2O8S/c1-18(11-25)20(3,28)22(5,30)21(4,29)19(2,32-18)12-31-15(26)9-7-6-8-14-16-13(10-33-14)23-17(27)24-16/h13-14,16,25,28-30H,6-12H2,1-5H3,(H2,23,24,27)/t13-,14?,16-,18?,19?,20?,21?,22?/m0/s1. The van der Waals surface area contributed by atoms with Gasteiger partial charge in [-0.1, -0.05) is 6.42 Å². The molecule has 0 aromatic rings. The minimum Gasteiger partial charge on any atom is -0.462 e. The Kier molecular flexibility index (Phi) is 7.09. The second-order valence-electron chi connectivity index (χ2n) is 10.5. The van der Waals surface area contributed by atoms with E-state index in [0.717, 1.165) is 18.6 Å². The summed E-state index contributed by atoms with van der Waals surface area (Å²) in [6, 6.07) is 0.181. The fourth-order valence-electron chi connectivity index (χ4n) is 5.10. The van der Waals surface area contributed by atoms with E-state index in [0.29, 0.717) is 11.7 Å². The second-order valence-corrected chi connectivity index (χ2v) is 11.7. The van der Waals surface area contributed by atoms with Crippen LogP contribution in [0, 0.1) is 0 Å². The van der Waals surface area contributed by atoms with E-state index in [1.165, 1.54) is 34.6 Å². The predicted octanol–water partition coefficient (Wildman–Crippen LogP) is 0.0483. The number of unbranched alkanes of at least 4 members (excludes halogenated alkanes) is 1. The van der Waals surface area contributed by atoms with E-state index >= 15 is 0 Å². The van der Waals surface area contributed by atoms with Crippen molar-refractivity contribution in [3.05, 3.63) is 0 Å². The third-order valence-electron chi connectivity index (χ3n) is 8.27. The van der Waals surface area contributed by atoms with Crippen LogP contribution in [0.3, 0.4) is 0 Å². The van der Waals surface area contributed by atoms with Crippen molar-refractivity contribution in [3.63, 3.8) is 0 Å². The maximum atomic E-state index is 12.4. The van der Waals surface area contributed by atoms with Crippen LogP contribution in [0.5, 0.6) is 0 Å². The Morgan fingerprint density at radius 2 is 1.70 bits per heavy atom. The summed E-state index contributed by atoms with van der Waals surface area (Å²) in [6.45, 7) is 5.82. The van der Waals surface area contributed by atoms with E-state index in [1.54, 1.807) is 0 Å². The normalized spacial score (nSPS) is 47.1. The summed E-state index contributed by atoms with van der Waals surface area (Å²) in [7, 11) is 0. The third-order valence-corrected chi connectivity index (χ3v) is 9.78. The Labute approximate surface area is 198 Å². The van der Waals surface area contributed by atoms with E-state index in [9.17, 15) is 30.0 Å². The molecule has 8 atom stereocenters. The first-order valence-electron chi connectivity index (χ1n) is 11.4. The largest absolute Gasteiger partial charge is 0.462 e. The first-order chi connectivity index (χ1) is 15.1. The van der Waals surface area contributed by atoms with Crippen molar-refractivity contribution >= 4 is 23.8 Å². The number of nitrogens with one attached hydrogen (secondary N) is 2. The van der Waals surface area contributed by atoms with Gasteiger partial charge in [0.05, 0.1) is 18.7 Å². The van der Waals surface area contributed by atoms with Crippen LogP contribution < -0.4 is 10.6 Å². The highest BCUT2D eigenvalue weighted by Crippen LogP contribution is 2.53. The van der Waals surface area contributed by atoms with Gasteiger partial charge in [0, 0.05) is 17.4 Å². The lowest BCUT2D eigenvalue weighted by Gasteiger charge is -2.65. The molecule has 3 saturated heterocycles. The number of rotatable bonds is 8. The van der Waals surface area contributed by atoms with Crippen molar-refractivity contribution in [2.45, 2.75) is 106 Å². The van der Waals surface area contributed by atoms with Gasteiger partial charge in [0.1, 0.15) is 34.6 Å². The van der Waals surface area contributed by atoms with Gasteiger partial charge in [-0.05, 0) is 47.5 Å². The van der Waals surface area contributed by atoms with Crippen LogP contribution in [-0.2, 0) is 14.3 Å². The highest BCUT2D eigenvalue weighted by Gasteiger charge is 2.74. The molecule has 0 bridgehead atoms. The second kappa shape index (κ2) is 8.83. The molecule has 190 valence electrons. The average molecular weight is 491 g/mol. The zero-order valence-electron chi connectivity index (χ0n) is 20.0. The molecular weight excluding hydrogens is 452 g/mol. The van der Waals surface area contributed by atoms with Crippen LogP contribution in [-0.4, -0.2) is 96.7 Å². The van der Waals surface area contributed by atoms with Gasteiger partial charge >= 0.3 is 12.0 Å². The number of esters is 1. The molecule has 0 aromatic heterocycles. The van der Waals surface area contributed by atoms with Crippen LogP contribution in [0.2, 0.25) is 0 Å². The number of fused-ring (bicyclic) bond motifs is 1. The highest BCUT2D eigenvalue weighted by atomic mass is 32.2. The van der Waals surface area contributed by atoms with Crippen LogP contribution in [0.1, 0.15) is 60.3 Å². The fraction of sp³-hybridized carbons (Fsp3) is 0.909. The molecule has 10 nitrogen and oxygen atoms in total. The highest BCUT2D eigenvalue weighted by molar-refractivity contribution is 8.00. The maximum absolute atomic E-state index is 12.4. The maximum Gasteiger partial charge on any atom is 0.315 e. The third kappa shape index (κ3) is 4.25. The lowest BCUT2D eigenvalue weighted by Crippen LogP contribution is -2.85. The number of carbonyl (C=O) groups is 2. The first kappa shape index (κ1) is 26.5. The molecule has 0 saturated carbocycles. The molecule has 2 amide bonds. The van der Waals surface area contributed by atoms with Gasteiger partial charge in [-0.3, -0.25) is 4.79 Å². The number of ether oxygens (including phenoxy) is 2. The van der Waals surface area contributed by atoms with Crippen molar-refractivity contribution in [1.82, 2.24) is 10.6 Å². The quantitative estimate of drug-likeness (QED) is 0.157. The van der Waals surface area contributed by atoms with Gasteiger partial charge in [-0.25, -0.2) is 4.79 Å². The molecule has 6 N–H and O–H groups in total. The smallest absolute Gasteiger partial charge is 0.315 e. The van der Waals surface area contributed by atoms with Gasteiger partial charge in [-0.2, -0.15) is 11.8 Å². The molecular formula is C22H38N2O8S. The molecule has 3 rings (SSSR count). The summed E-state index contributed by atoms with van der Waals surface area (Å²) in [5.74, 6) is 0.420. The zero-order chi connectivity index (χ0) is 24.9. The molecule has 0 aromatic carbocycles. The van der Waals surface area contributed by atoms with Crippen molar-refractivity contribution in [3.8, 4) is 0 Å². The fourth-order valence-corrected chi connectivity index (χ4v) is 6.65. The number of thioether (sulfide) groups is 1. The molecule has 3 heterocycles. The van der Waals surface area contributed by atoms with Crippen molar-refractivity contribution in [1.29, 1.82) is 0 Å². The molecule has 0 spiro atoms. The summed E-state index contributed by atoms with van der Waals surface area (Å²) in [4.78, 5) is 23.9. The molecule has 0 aliphatic carbocycles. The first-order valence-corrected chi connectivity index (χ1v) is 12.5. The Bertz CT molecular complexity index is 775. The topological polar surface area (TPSA) is 158 Å². The van der Waals surface area contributed by atoms with Gasteiger partial charge in [0.2, 0.25) is 0 Å². The summed E-state index contributed by atoms with van der Waals surface area (Å²) in [6.07, 6.45) is 2.48. The van der Waals surface area contributed by atoms with Gasteiger partial charge in [-0.15, -0.1) is 0 Å². The monoisotopic (exact) mass is 490 g/mol. The molecule has 3 fully saturated rings. The summed E-state index contributed by atoms with van der Waals surface area (Å²) < 4.78 is 11.3. The van der Waals surface area contributed by atoms with Gasteiger partial charge in [0.15, 0.2) is 0 Å². The molecule has 33 heavy (non-hydrogen) atoms. The summed E-state index contributed by atoms with van der Waals surface area (Å²) in [5, 5.41) is 49.3. The number of hydrogen-bond donors (Lipinski definition) is 6. The Hall–Kier alpha value is -1.11. The van der Waals surface area contributed by atoms with Crippen LogP contribution in [0.25, 0.3) is 0 Å². The number of aliphatic hydroxyl groups excluding tert-OH is 1. The molecule has 3 aliphatic heterocycles. The molecule has 11 heteroatoms. The lowest BCUT2D eigenvalue weighted by atomic mass is 9.58. The zero-order valence-corrected chi connectivity index (χ0v) is 20.8.